The van der Waals surface area contributed by atoms with E-state index in [9.17, 15) is 8.42 Å². The van der Waals surface area contributed by atoms with Crippen LogP contribution in [0.1, 0.15) is 5.82 Å². The van der Waals surface area contributed by atoms with Gasteiger partial charge in [-0.25, -0.2) is 8.42 Å². The van der Waals surface area contributed by atoms with Crippen LogP contribution in [0.25, 0.3) is 11.7 Å². The molecular formula is C10H7N3O4S2. The number of sulfone groups is 1. The van der Waals surface area contributed by atoms with E-state index in [1.54, 1.807) is 16.8 Å². The first kappa shape index (κ1) is 12.1. The van der Waals surface area contributed by atoms with E-state index < -0.39 is 9.84 Å². The van der Waals surface area contributed by atoms with Gasteiger partial charge in [0, 0.05) is 11.4 Å². The summed E-state index contributed by atoms with van der Waals surface area (Å²) in [6, 6.07) is 3.09. The zero-order valence-electron chi connectivity index (χ0n) is 9.38. The van der Waals surface area contributed by atoms with Crippen molar-refractivity contribution < 1.29 is 17.5 Å². The van der Waals surface area contributed by atoms with Gasteiger partial charge in [0.2, 0.25) is 5.76 Å². The molecule has 0 atom stereocenters. The van der Waals surface area contributed by atoms with Crippen molar-refractivity contribution in [3.63, 3.8) is 0 Å². The number of thiophene rings is 1. The molecule has 0 saturated carbocycles. The van der Waals surface area contributed by atoms with Crippen LogP contribution in [0.15, 0.2) is 43.0 Å². The quantitative estimate of drug-likeness (QED) is 0.723. The van der Waals surface area contributed by atoms with Gasteiger partial charge < -0.3 is 9.05 Å². The van der Waals surface area contributed by atoms with Gasteiger partial charge in [-0.05, 0) is 11.4 Å². The Hall–Kier alpha value is -2.00. The highest BCUT2D eigenvalue weighted by Crippen LogP contribution is 2.20. The molecule has 0 aliphatic heterocycles. The Balaban J connectivity index is 1.85. The number of aromatic nitrogens is 3. The van der Waals surface area contributed by atoms with Crippen LogP contribution in [-0.4, -0.2) is 23.7 Å². The lowest BCUT2D eigenvalue weighted by molar-refractivity contribution is 0.382. The van der Waals surface area contributed by atoms with Gasteiger partial charge in [-0.2, -0.15) is 16.3 Å². The van der Waals surface area contributed by atoms with Crippen molar-refractivity contribution >= 4 is 21.2 Å². The summed E-state index contributed by atoms with van der Waals surface area (Å²) >= 11 is 1.31. The first-order chi connectivity index (χ1) is 9.15. The molecule has 3 aromatic rings. The third kappa shape index (κ3) is 2.42. The van der Waals surface area contributed by atoms with Crippen molar-refractivity contribution in [1.29, 1.82) is 0 Å². The number of hydrogen-bond donors (Lipinski definition) is 0. The summed E-state index contributed by atoms with van der Waals surface area (Å²) in [6.45, 7) is 0. The van der Waals surface area contributed by atoms with E-state index in [1.165, 1.54) is 23.6 Å². The van der Waals surface area contributed by atoms with Gasteiger partial charge in [-0.3, -0.25) is 0 Å². The van der Waals surface area contributed by atoms with Gasteiger partial charge in [-0.15, -0.1) is 0 Å². The van der Waals surface area contributed by atoms with E-state index in [0.29, 0.717) is 5.76 Å². The summed E-state index contributed by atoms with van der Waals surface area (Å²) in [6.07, 6.45) is 1.43. The van der Waals surface area contributed by atoms with Crippen LogP contribution in [0.3, 0.4) is 0 Å². The van der Waals surface area contributed by atoms with Gasteiger partial charge in [-0.1, -0.05) is 10.3 Å². The van der Waals surface area contributed by atoms with E-state index in [2.05, 4.69) is 15.3 Å². The SMILES string of the molecule is O=S(=O)(Cc1noc(-c2ccno2)n1)c1ccsc1. The average molecular weight is 297 g/mol. The molecule has 7 nitrogen and oxygen atoms in total. The van der Waals surface area contributed by atoms with Gasteiger partial charge in [0.25, 0.3) is 5.89 Å². The molecule has 0 aromatic carbocycles. The second-order valence-electron chi connectivity index (χ2n) is 3.61. The Morgan fingerprint density at radius 2 is 2.16 bits per heavy atom. The summed E-state index contributed by atoms with van der Waals surface area (Å²) in [5.74, 6) is 0.166. The van der Waals surface area contributed by atoms with E-state index in [1.807, 2.05) is 0 Å². The number of rotatable bonds is 4. The van der Waals surface area contributed by atoms with E-state index in [4.69, 9.17) is 9.05 Å². The zero-order valence-corrected chi connectivity index (χ0v) is 11.0. The highest BCUT2D eigenvalue weighted by molar-refractivity contribution is 7.90. The van der Waals surface area contributed by atoms with Crippen LogP contribution in [0.4, 0.5) is 0 Å². The Kier molecular flexibility index (Phi) is 2.91. The third-order valence-electron chi connectivity index (χ3n) is 2.29. The molecule has 0 aliphatic rings. The predicted molar refractivity (Wildman–Crippen MR) is 65.0 cm³/mol. The minimum atomic E-state index is -3.45. The lowest BCUT2D eigenvalue weighted by Gasteiger charge is -1.96. The van der Waals surface area contributed by atoms with Crippen molar-refractivity contribution in [3.8, 4) is 11.7 Å². The molecule has 0 spiro atoms. The Labute approximate surface area is 111 Å². The second kappa shape index (κ2) is 4.59. The van der Waals surface area contributed by atoms with E-state index >= 15 is 0 Å². The molecule has 0 amide bonds. The highest BCUT2D eigenvalue weighted by Gasteiger charge is 2.20. The summed E-state index contributed by atoms with van der Waals surface area (Å²) in [5.41, 5.74) is 0. The maximum absolute atomic E-state index is 12.0. The summed E-state index contributed by atoms with van der Waals surface area (Å²) in [5, 5.41) is 10.4. The van der Waals surface area contributed by atoms with Crippen molar-refractivity contribution in [3.05, 3.63) is 34.9 Å². The molecule has 9 heteroatoms. The maximum Gasteiger partial charge on any atom is 0.296 e. The molecule has 19 heavy (non-hydrogen) atoms. The van der Waals surface area contributed by atoms with E-state index in [0.717, 1.165) is 0 Å². The third-order valence-corrected chi connectivity index (χ3v) is 4.73. The molecule has 0 unspecified atom stereocenters. The largest absolute Gasteiger partial charge is 0.351 e. The molecule has 0 bridgehead atoms. The van der Waals surface area contributed by atoms with Gasteiger partial charge in [0.1, 0.15) is 5.75 Å². The van der Waals surface area contributed by atoms with Gasteiger partial charge >= 0.3 is 0 Å². The normalized spacial score (nSPS) is 11.8. The van der Waals surface area contributed by atoms with Crippen LogP contribution < -0.4 is 0 Å². The van der Waals surface area contributed by atoms with Gasteiger partial charge in [0.15, 0.2) is 15.7 Å². The lowest BCUT2D eigenvalue weighted by atomic mass is 10.5. The Bertz CT molecular complexity index is 760. The molecule has 0 saturated heterocycles. The topological polar surface area (TPSA) is 99.1 Å². The molecule has 0 N–H and O–H groups in total. The predicted octanol–water partition coefficient (Wildman–Crippen LogP) is 1.76. The molecular weight excluding hydrogens is 290 g/mol. The summed E-state index contributed by atoms with van der Waals surface area (Å²) in [7, 11) is -3.45. The molecule has 3 aromatic heterocycles. The smallest absolute Gasteiger partial charge is 0.296 e. The minimum absolute atomic E-state index is 0.0811. The standard InChI is InChI=1S/C10H7N3O4S2/c14-19(15,7-2-4-18-5-7)6-9-12-10(17-13-9)8-1-3-11-16-8/h1-5H,6H2. The van der Waals surface area contributed by atoms with Crippen molar-refractivity contribution in [2.24, 2.45) is 0 Å². The summed E-state index contributed by atoms with van der Waals surface area (Å²) in [4.78, 5) is 4.21. The first-order valence-electron chi connectivity index (χ1n) is 5.14. The van der Waals surface area contributed by atoms with Crippen molar-refractivity contribution in [2.75, 3.05) is 0 Å². The fourth-order valence-corrected chi connectivity index (χ4v) is 3.68. The van der Waals surface area contributed by atoms with Crippen molar-refractivity contribution in [2.45, 2.75) is 10.6 Å². The minimum Gasteiger partial charge on any atom is -0.351 e. The Morgan fingerprint density at radius 1 is 1.26 bits per heavy atom. The Morgan fingerprint density at radius 3 is 2.84 bits per heavy atom. The van der Waals surface area contributed by atoms with E-state index in [-0.39, 0.29) is 22.4 Å². The van der Waals surface area contributed by atoms with Crippen molar-refractivity contribution in [1.82, 2.24) is 15.3 Å². The van der Waals surface area contributed by atoms with Crippen LogP contribution in [-0.2, 0) is 15.6 Å². The monoisotopic (exact) mass is 297 g/mol. The van der Waals surface area contributed by atoms with Crippen LogP contribution in [0, 0.1) is 0 Å². The maximum atomic E-state index is 12.0. The second-order valence-corrected chi connectivity index (χ2v) is 6.38. The lowest BCUT2D eigenvalue weighted by Crippen LogP contribution is -2.05. The fraction of sp³-hybridized carbons (Fsp3) is 0.100. The molecule has 0 radical (unpaired) electrons. The number of hydrogen-bond acceptors (Lipinski definition) is 8. The fourth-order valence-electron chi connectivity index (χ4n) is 1.42. The molecule has 98 valence electrons. The molecule has 3 rings (SSSR count). The molecule has 3 heterocycles. The van der Waals surface area contributed by atoms with Crippen LogP contribution in [0.5, 0.6) is 0 Å². The molecule has 0 aliphatic carbocycles. The van der Waals surface area contributed by atoms with Gasteiger partial charge in [0.05, 0.1) is 11.1 Å². The van der Waals surface area contributed by atoms with Crippen LogP contribution >= 0.6 is 11.3 Å². The summed E-state index contributed by atoms with van der Waals surface area (Å²) < 4.78 is 33.8. The van der Waals surface area contributed by atoms with Crippen LogP contribution in [0.2, 0.25) is 0 Å². The number of nitrogens with zero attached hydrogens (tertiary/aromatic N) is 3. The zero-order chi connectivity index (χ0) is 13.3. The highest BCUT2D eigenvalue weighted by atomic mass is 32.2. The average Bonchev–Trinajstić information content (AvgIpc) is 3.11. The molecule has 0 fully saturated rings. The first-order valence-corrected chi connectivity index (χ1v) is 7.73.